The normalized spacial score (nSPS) is 22.3. The van der Waals surface area contributed by atoms with Crippen molar-refractivity contribution in [3.8, 4) is 5.75 Å². The fourth-order valence-corrected chi connectivity index (χ4v) is 4.25. The molecule has 7 heteroatoms. The van der Waals surface area contributed by atoms with Crippen LogP contribution in [0.3, 0.4) is 0 Å². The molecule has 30 heavy (non-hydrogen) atoms. The van der Waals surface area contributed by atoms with Gasteiger partial charge in [0.2, 0.25) is 0 Å². The molecular weight excluding hydrogens is 406 g/mol. The molecule has 2 atom stereocenters. The molecule has 2 aromatic carbocycles. The van der Waals surface area contributed by atoms with Crippen LogP contribution in [0.4, 0.5) is 0 Å². The number of ether oxygens (including phenoxy) is 2. The van der Waals surface area contributed by atoms with E-state index < -0.39 is 17.7 Å². The molecule has 2 heterocycles. The van der Waals surface area contributed by atoms with Crippen molar-refractivity contribution in [2.45, 2.75) is 25.5 Å². The number of nitrogens with zero attached hydrogens (tertiary/aromatic N) is 1. The van der Waals surface area contributed by atoms with Crippen LogP contribution in [0.5, 0.6) is 5.75 Å². The highest BCUT2D eigenvalue weighted by Crippen LogP contribution is 2.40. The minimum atomic E-state index is -0.748. The number of halogens is 1. The van der Waals surface area contributed by atoms with Crippen LogP contribution in [0.1, 0.15) is 29.7 Å². The van der Waals surface area contributed by atoms with E-state index in [0.717, 1.165) is 17.7 Å². The second-order valence-electron chi connectivity index (χ2n) is 7.50. The first kappa shape index (κ1) is 20.4. The number of aliphatic hydroxyl groups is 1. The number of Topliss-reactive ketones (excluding diaryl/α,β-unsaturated/α-hetero) is 1. The smallest absolute Gasteiger partial charge is 0.295 e. The van der Waals surface area contributed by atoms with E-state index in [0.29, 0.717) is 16.1 Å². The highest BCUT2D eigenvalue weighted by molar-refractivity contribution is 6.46. The van der Waals surface area contributed by atoms with Gasteiger partial charge in [-0.3, -0.25) is 9.59 Å². The quantitative estimate of drug-likeness (QED) is 0.447. The molecule has 0 aromatic heterocycles. The van der Waals surface area contributed by atoms with Crippen LogP contribution in [0, 0.1) is 0 Å². The molecule has 2 aliphatic rings. The summed E-state index contributed by atoms with van der Waals surface area (Å²) >= 11 is 6.16. The van der Waals surface area contributed by atoms with Gasteiger partial charge in [0.15, 0.2) is 0 Å². The zero-order valence-corrected chi connectivity index (χ0v) is 17.5. The number of carbonyl (C=O) groups is 2. The number of hydrogen-bond acceptors (Lipinski definition) is 5. The van der Waals surface area contributed by atoms with E-state index >= 15 is 0 Å². The molecule has 0 bridgehead atoms. The molecule has 6 nitrogen and oxygen atoms in total. The summed E-state index contributed by atoms with van der Waals surface area (Å²) in [5, 5.41) is 11.6. The second-order valence-corrected chi connectivity index (χ2v) is 7.93. The van der Waals surface area contributed by atoms with Crippen molar-refractivity contribution in [1.29, 1.82) is 0 Å². The Labute approximate surface area is 179 Å². The summed E-state index contributed by atoms with van der Waals surface area (Å²) in [7, 11) is 1.53. The van der Waals surface area contributed by atoms with Crippen molar-refractivity contribution in [3.05, 3.63) is 69.8 Å². The van der Waals surface area contributed by atoms with Crippen LogP contribution < -0.4 is 4.74 Å². The van der Waals surface area contributed by atoms with E-state index in [9.17, 15) is 14.7 Å². The van der Waals surface area contributed by atoms with Crippen LogP contribution in [-0.4, -0.2) is 48.1 Å². The Balaban J connectivity index is 1.83. The predicted octanol–water partition coefficient (Wildman–Crippen LogP) is 3.73. The molecule has 4 rings (SSSR count). The third-order valence-electron chi connectivity index (χ3n) is 5.41. The summed E-state index contributed by atoms with van der Waals surface area (Å²) in [6.07, 6.45) is 0.777. The van der Waals surface area contributed by atoms with Gasteiger partial charge in [-0.15, -0.1) is 0 Å². The van der Waals surface area contributed by atoms with E-state index in [4.69, 9.17) is 21.1 Å². The zero-order valence-electron chi connectivity index (χ0n) is 16.7. The third-order valence-corrected chi connectivity index (χ3v) is 5.65. The lowest BCUT2D eigenvalue weighted by Gasteiger charge is -2.25. The molecule has 0 saturated carbocycles. The van der Waals surface area contributed by atoms with Crippen molar-refractivity contribution in [2.24, 2.45) is 0 Å². The summed E-state index contributed by atoms with van der Waals surface area (Å²) in [5.74, 6) is -0.832. The number of benzene rings is 2. The van der Waals surface area contributed by atoms with E-state index in [2.05, 4.69) is 0 Å². The molecule has 1 fully saturated rings. The van der Waals surface area contributed by atoms with Crippen LogP contribution in [0.2, 0.25) is 5.02 Å². The van der Waals surface area contributed by atoms with Gasteiger partial charge in [-0.05, 0) is 48.4 Å². The number of rotatable bonds is 5. The number of ketones is 1. The molecule has 0 aliphatic carbocycles. The van der Waals surface area contributed by atoms with E-state index in [1.54, 1.807) is 36.4 Å². The predicted molar refractivity (Wildman–Crippen MR) is 113 cm³/mol. The van der Waals surface area contributed by atoms with Gasteiger partial charge in [0, 0.05) is 30.7 Å². The number of hydrogen-bond donors (Lipinski definition) is 1. The Morgan fingerprint density at radius 1 is 1.27 bits per heavy atom. The average molecular weight is 428 g/mol. The van der Waals surface area contributed by atoms with Crippen molar-refractivity contribution in [2.75, 3.05) is 20.3 Å². The third kappa shape index (κ3) is 3.57. The monoisotopic (exact) mass is 427 g/mol. The summed E-state index contributed by atoms with van der Waals surface area (Å²) in [5.41, 5.74) is 2.13. The molecule has 156 valence electrons. The average Bonchev–Trinajstić information content (AvgIpc) is 3.22. The van der Waals surface area contributed by atoms with Gasteiger partial charge < -0.3 is 19.5 Å². The number of fused-ring (bicyclic) bond motifs is 1. The van der Waals surface area contributed by atoms with E-state index in [-0.39, 0.29) is 30.6 Å². The first-order valence-electron chi connectivity index (χ1n) is 9.73. The van der Waals surface area contributed by atoms with Crippen molar-refractivity contribution < 1.29 is 24.2 Å². The molecule has 2 aliphatic heterocycles. The second kappa shape index (κ2) is 8.13. The maximum atomic E-state index is 12.9. The first-order chi connectivity index (χ1) is 14.4. The number of carbonyl (C=O) groups excluding carboxylic acids is 2. The van der Waals surface area contributed by atoms with Gasteiger partial charge >= 0.3 is 0 Å². The van der Waals surface area contributed by atoms with Gasteiger partial charge in [0.1, 0.15) is 17.6 Å². The number of likely N-dealkylation sites (tertiary alicyclic amines) is 1. The fraction of sp³-hybridized carbons (Fsp3) is 0.304. The summed E-state index contributed by atoms with van der Waals surface area (Å²) < 4.78 is 10.8. The largest absolute Gasteiger partial charge is 0.507 e. The highest BCUT2D eigenvalue weighted by atomic mass is 35.5. The fourth-order valence-electron chi connectivity index (χ4n) is 4.05. The zero-order chi connectivity index (χ0) is 21.4. The lowest BCUT2D eigenvalue weighted by Crippen LogP contribution is -2.32. The highest BCUT2D eigenvalue weighted by Gasteiger charge is 2.46. The summed E-state index contributed by atoms with van der Waals surface area (Å²) in [6, 6.07) is 11.5. The number of aliphatic hydroxyl groups excluding tert-OH is 1. The lowest BCUT2D eigenvalue weighted by atomic mass is 9.94. The summed E-state index contributed by atoms with van der Waals surface area (Å²) in [6.45, 7) is 2.45. The van der Waals surface area contributed by atoms with Gasteiger partial charge in [-0.25, -0.2) is 0 Å². The number of methoxy groups -OCH3 is 1. The Morgan fingerprint density at radius 3 is 2.80 bits per heavy atom. The minimum absolute atomic E-state index is 0.0466. The van der Waals surface area contributed by atoms with Crippen molar-refractivity contribution in [3.63, 3.8) is 0 Å². The van der Waals surface area contributed by atoms with Crippen LogP contribution in [0.25, 0.3) is 5.76 Å². The van der Waals surface area contributed by atoms with Gasteiger partial charge in [0.05, 0.1) is 18.2 Å². The van der Waals surface area contributed by atoms with Crippen molar-refractivity contribution in [1.82, 2.24) is 4.90 Å². The lowest BCUT2D eigenvalue weighted by molar-refractivity contribution is -0.140. The van der Waals surface area contributed by atoms with Gasteiger partial charge in [-0.1, -0.05) is 23.7 Å². The van der Waals surface area contributed by atoms with Gasteiger partial charge in [-0.2, -0.15) is 0 Å². The number of amides is 1. The maximum Gasteiger partial charge on any atom is 0.295 e. The first-order valence-corrected chi connectivity index (χ1v) is 10.1. The van der Waals surface area contributed by atoms with E-state index in [1.165, 1.54) is 12.0 Å². The van der Waals surface area contributed by atoms with Crippen LogP contribution in [-0.2, 0) is 20.7 Å². The topological polar surface area (TPSA) is 76.1 Å². The molecule has 1 saturated heterocycles. The Hall–Kier alpha value is -2.83. The molecule has 2 aromatic rings. The molecule has 0 spiro atoms. The van der Waals surface area contributed by atoms with Crippen LogP contribution >= 0.6 is 11.6 Å². The maximum absolute atomic E-state index is 12.9. The molecular formula is C23H22ClNO5. The van der Waals surface area contributed by atoms with Gasteiger partial charge in [0.25, 0.3) is 11.7 Å². The Bertz CT molecular complexity index is 1050. The Kier molecular flexibility index (Phi) is 5.54. The molecule has 1 N–H and O–H groups in total. The Morgan fingerprint density at radius 2 is 2.07 bits per heavy atom. The molecule has 1 amide bonds. The van der Waals surface area contributed by atoms with E-state index in [1.807, 2.05) is 13.0 Å². The minimum Gasteiger partial charge on any atom is -0.507 e. The van der Waals surface area contributed by atoms with Crippen molar-refractivity contribution >= 4 is 29.1 Å². The molecule has 0 radical (unpaired) electrons. The SMILES string of the molecule is COCCN1C(=O)C(=O)/C(=C(/O)c2ccc3c(c2)C[C@@H](C)O3)[C@@H]1c1cccc(Cl)c1. The summed E-state index contributed by atoms with van der Waals surface area (Å²) in [4.78, 5) is 27.1. The standard InChI is InChI=1S/C23H22ClNO5/c1-13-10-16-11-15(6-7-18(16)30-13)21(26)19-20(14-4-3-5-17(24)12-14)25(8-9-29-2)23(28)22(19)27/h3-7,11-13,20,26H,8-10H2,1-2H3/b21-19+/t13-,20+/m1/s1. The van der Waals surface area contributed by atoms with Crippen LogP contribution in [0.15, 0.2) is 48.0 Å². The molecule has 0 unspecified atom stereocenters.